The van der Waals surface area contributed by atoms with E-state index in [9.17, 15) is 14.4 Å². The Kier molecular flexibility index (Phi) is 8.57. The fourth-order valence-electron chi connectivity index (χ4n) is 5.89. The molecule has 0 saturated carbocycles. The molecule has 10 heteroatoms. The van der Waals surface area contributed by atoms with Gasteiger partial charge in [0.15, 0.2) is 0 Å². The van der Waals surface area contributed by atoms with Crippen LogP contribution in [-0.2, 0) is 19.4 Å². The molecule has 1 aromatic carbocycles. The summed E-state index contributed by atoms with van der Waals surface area (Å²) >= 11 is 1.59. The van der Waals surface area contributed by atoms with Crippen LogP contribution in [0, 0.1) is 24.2 Å². The predicted molar refractivity (Wildman–Crippen MR) is 172 cm³/mol. The minimum absolute atomic E-state index is 0.0146. The molecule has 2 amide bonds. The van der Waals surface area contributed by atoms with Crippen molar-refractivity contribution in [1.82, 2.24) is 14.9 Å². The Hall–Kier alpha value is -4.75. The Morgan fingerprint density at radius 2 is 1.95 bits per heavy atom. The van der Waals surface area contributed by atoms with Gasteiger partial charge in [-0.15, -0.1) is 11.3 Å². The van der Waals surface area contributed by atoms with Gasteiger partial charge in [0.05, 0.1) is 16.5 Å². The van der Waals surface area contributed by atoms with Gasteiger partial charge in [0.2, 0.25) is 0 Å². The summed E-state index contributed by atoms with van der Waals surface area (Å²) in [5, 5.41) is 15.4. The topological polar surface area (TPSA) is 131 Å². The van der Waals surface area contributed by atoms with Crippen molar-refractivity contribution in [3.63, 3.8) is 0 Å². The summed E-state index contributed by atoms with van der Waals surface area (Å²) in [6.45, 7) is 3.35. The number of benzene rings is 1. The van der Waals surface area contributed by atoms with E-state index in [2.05, 4.69) is 26.7 Å². The molecule has 0 radical (unpaired) electrons. The number of fused-ring (bicyclic) bond motifs is 1. The van der Waals surface area contributed by atoms with Crippen LogP contribution < -0.4 is 16.2 Å². The summed E-state index contributed by atoms with van der Waals surface area (Å²) < 4.78 is 0. The molecule has 44 heavy (non-hydrogen) atoms. The lowest BCUT2D eigenvalue weighted by molar-refractivity contribution is 0.0706. The fourth-order valence-corrected chi connectivity index (χ4v) is 7.04. The van der Waals surface area contributed by atoms with E-state index in [0.717, 1.165) is 40.1 Å². The molecule has 0 unspecified atom stereocenters. The first kappa shape index (κ1) is 29.3. The number of nitriles is 1. The van der Waals surface area contributed by atoms with Gasteiger partial charge in [-0.1, -0.05) is 12.1 Å². The largest absolute Gasteiger partial charge is 0.366 e. The van der Waals surface area contributed by atoms with Crippen molar-refractivity contribution in [2.45, 2.75) is 52.0 Å². The molecule has 3 N–H and O–H groups in total. The molecule has 1 fully saturated rings. The molecule has 224 valence electrons. The number of carbonyl (C=O) groups excluding carboxylic acids is 2. The summed E-state index contributed by atoms with van der Waals surface area (Å²) in [4.78, 5) is 49.7. The summed E-state index contributed by atoms with van der Waals surface area (Å²) in [5.74, 6) is 0.374. The van der Waals surface area contributed by atoms with E-state index in [1.165, 1.54) is 29.5 Å². The molecule has 0 bridgehead atoms. The van der Waals surface area contributed by atoms with Gasteiger partial charge in [0.25, 0.3) is 17.4 Å². The number of likely N-dealkylation sites (tertiary alicyclic amines) is 1. The third-order valence-corrected chi connectivity index (χ3v) is 9.76. The Bertz CT molecular complexity index is 1770. The second kappa shape index (κ2) is 12.9. The lowest BCUT2D eigenvalue weighted by atomic mass is 9.98. The van der Waals surface area contributed by atoms with Crippen LogP contribution in [0.2, 0.25) is 0 Å². The van der Waals surface area contributed by atoms with E-state index < -0.39 is 0 Å². The Labute approximate surface area is 260 Å². The van der Waals surface area contributed by atoms with Crippen molar-refractivity contribution in [3.05, 3.63) is 97.2 Å². The number of hydrogen-bond acceptors (Lipinski definition) is 7. The van der Waals surface area contributed by atoms with E-state index in [0.29, 0.717) is 42.9 Å². The number of amides is 2. The second-order valence-electron chi connectivity index (χ2n) is 11.4. The Morgan fingerprint density at radius 3 is 2.70 bits per heavy atom. The molecule has 1 aliphatic heterocycles. The van der Waals surface area contributed by atoms with Crippen molar-refractivity contribution in [2.24, 2.45) is 5.92 Å². The van der Waals surface area contributed by atoms with Gasteiger partial charge < -0.3 is 20.5 Å². The fraction of sp³-hybridized carbons (Fsp3) is 0.324. The molecule has 0 atom stereocenters. The molecule has 1 saturated heterocycles. The standard InChI is InChI=1S/C34H34N6O3S/c1-21-27(6-4-7-28(21)39-33(42)30-16-23-5-2-3-8-29(23)44-30)25-15-26(32(41)38-19-25)20-37-31-10-9-24(18-36-31)34(43)40-13-11-22(17-35)12-14-40/h4,6-7,9-10,15-16,18-19,22H,2-3,5,8,11-14,20H2,1H3,(H,36,37)(H,38,41)(H,39,42). The maximum absolute atomic E-state index is 13.1. The molecule has 4 aromatic rings. The van der Waals surface area contributed by atoms with Crippen molar-refractivity contribution >= 4 is 34.7 Å². The Balaban J connectivity index is 1.12. The highest BCUT2D eigenvalue weighted by Gasteiger charge is 2.24. The highest BCUT2D eigenvalue weighted by Crippen LogP contribution is 2.32. The lowest BCUT2D eigenvalue weighted by Crippen LogP contribution is -2.38. The van der Waals surface area contributed by atoms with Crippen LogP contribution in [0.15, 0.2) is 59.7 Å². The number of carbonyl (C=O) groups is 2. The van der Waals surface area contributed by atoms with E-state index in [-0.39, 0.29) is 29.8 Å². The monoisotopic (exact) mass is 606 g/mol. The zero-order valence-electron chi connectivity index (χ0n) is 24.6. The zero-order chi connectivity index (χ0) is 30.6. The van der Waals surface area contributed by atoms with Gasteiger partial charge in [-0.2, -0.15) is 5.26 Å². The first-order valence-electron chi connectivity index (χ1n) is 15.0. The van der Waals surface area contributed by atoms with Crippen LogP contribution in [0.4, 0.5) is 11.5 Å². The minimum atomic E-state index is -0.211. The minimum Gasteiger partial charge on any atom is -0.366 e. The van der Waals surface area contributed by atoms with E-state index in [4.69, 9.17) is 5.26 Å². The molecular weight excluding hydrogens is 572 g/mol. The number of aromatic nitrogens is 2. The van der Waals surface area contributed by atoms with E-state index in [1.807, 2.05) is 37.3 Å². The van der Waals surface area contributed by atoms with Crippen LogP contribution >= 0.6 is 11.3 Å². The third kappa shape index (κ3) is 6.29. The number of nitrogens with one attached hydrogen (secondary N) is 3. The van der Waals surface area contributed by atoms with Crippen LogP contribution in [0.5, 0.6) is 0 Å². The number of anilines is 2. The maximum Gasteiger partial charge on any atom is 0.265 e. The SMILES string of the molecule is Cc1c(NC(=O)c2cc3c(s2)CCCC3)cccc1-c1c[nH]c(=O)c(CNc2ccc(C(=O)N3CCC(C#N)CC3)cn2)c1. The van der Waals surface area contributed by atoms with Gasteiger partial charge in [0.1, 0.15) is 5.82 Å². The quantitative estimate of drug-likeness (QED) is 0.239. The van der Waals surface area contributed by atoms with Gasteiger partial charge in [0, 0.05) is 54.1 Å². The first-order valence-corrected chi connectivity index (χ1v) is 15.8. The van der Waals surface area contributed by atoms with E-state index >= 15 is 0 Å². The van der Waals surface area contributed by atoms with Gasteiger partial charge in [-0.3, -0.25) is 14.4 Å². The number of rotatable bonds is 7. The third-order valence-electron chi connectivity index (χ3n) is 8.53. The predicted octanol–water partition coefficient (Wildman–Crippen LogP) is 5.93. The highest BCUT2D eigenvalue weighted by atomic mass is 32.1. The zero-order valence-corrected chi connectivity index (χ0v) is 25.4. The lowest BCUT2D eigenvalue weighted by Gasteiger charge is -2.29. The number of aromatic amines is 1. The molecule has 1 aliphatic carbocycles. The van der Waals surface area contributed by atoms with Crippen LogP contribution in [0.1, 0.15) is 67.3 Å². The molecule has 9 nitrogen and oxygen atoms in total. The maximum atomic E-state index is 13.1. The average Bonchev–Trinajstić information content (AvgIpc) is 3.50. The van der Waals surface area contributed by atoms with Gasteiger partial charge in [-0.05, 0) is 98.0 Å². The molecule has 0 spiro atoms. The summed E-state index contributed by atoms with van der Waals surface area (Å²) in [7, 11) is 0. The van der Waals surface area contributed by atoms with Crippen molar-refractivity contribution in [1.29, 1.82) is 5.26 Å². The number of pyridine rings is 2. The molecule has 4 heterocycles. The highest BCUT2D eigenvalue weighted by molar-refractivity contribution is 7.14. The summed E-state index contributed by atoms with van der Waals surface area (Å²) in [5.41, 5.74) is 5.50. The number of hydrogen-bond donors (Lipinski definition) is 3. The van der Waals surface area contributed by atoms with Crippen LogP contribution in [-0.4, -0.2) is 39.8 Å². The summed E-state index contributed by atoms with van der Waals surface area (Å²) in [6.07, 6.45) is 9.06. The number of nitrogens with zero attached hydrogens (tertiary/aromatic N) is 3. The molecule has 6 rings (SSSR count). The van der Waals surface area contributed by atoms with Gasteiger partial charge in [-0.25, -0.2) is 4.98 Å². The first-order chi connectivity index (χ1) is 21.4. The number of thiophene rings is 1. The van der Waals surface area contributed by atoms with Crippen molar-refractivity contribution < 1.29 is 9.59 Å². The number of piperidine rings is 1. The van der Waals surface area contributed by atoms with Crippen LogP contribution in [0.3, 0.4) is 0 Å². The molecular formula is C34H34N6O3S. The number of aryl methyl sites for hydroxylation is 2. The molecule has 2 aliphatic rings. The Morgan fingerprint density at radius 1 is 1.14 bits per heavy atom. The average molecular weight is 607 g/mol. The van der Waals surface area contributed by atoms with Crippen molar-refractivity contribution in [2.75, 3.05) is 23.7 Å². The van der Waals surface area contributed by atoms with Crippen LogP contribution in [0.25, 0.3) is 11.1 Å². The van der Waals surface area contributed by atoms with E-state index in [1.54, 1.807) is 34.6 Å². The molecule has 3 aromatic heterocycles. The number of H-pyrrole nitrogens is 1. The smallest absolute Gasteiger partial charge is 0.265 e. The second-order valence-corrected chi connectivity index (χ2v) is 12.6. The summed E-state index contributed by atoms with van der Waals surface area (Å²) in [6, 6.07) is 15.4. The van der Waals surface area contributed by atoms with Gasteiger partial charge >= 0.3 is 0 Å². The normalized spacial score (nSPS) is 14.9. The van der Waals surface area contributed by atoms with Crippen molar-refractivity contribution in [3.8, 4) is 17.2 Å².